The normalized spacial score (nSPS) is 27.9. The van der Waals surface area contributed by atoms with Crippen LogP contribution in [0.4, 0.5) is 0 Å². The van der Waals surface area contributed by atoms with Gasteiger partial charge < -0.3 is 15.1 Å². The summed E-state index contributed by atoms with van der Waals surface area (Å²) in [4.78, 5) is 16.9. The van der Waals surface area contributed by atoms with Gasteiger partial charge in [0.1, 0.15) is 0 Å². The lowest BCUT2D eigenvalue weighted by atomic mass is 9.95. The van der Waals surface area contributed by atoms with Gasteiger partial charge in [-0.3, -0.25) is 4.79 Å². The van der Waals surface area contributed by atoms with Gasteiger partial charge in [-0.05, 0) is 65.6 Å². The Balaban J connectivity index is 1.82. The van der Waals surface area contributed by atoms with Crippen LogP contribution in [0.5, 0.6) is 0 Å². The first-order chi connectivity index (χ1) is 9.08. The second-order valence-electron chi connectivity index (χ2n) is 6.39. The van der Waals surface area contributed by atoms with Gasteiger partial charge in [-0.2, -0.15) is 0 Å². The number of likely N-dealkylation sites (tertiary alicyclic amines) is 1. The summed E-state index contributed by atoms with van der Waals surface area (Å²) in [5.74, 6) is 0.994. The summed E-state index contributed by atoms with van der Waals surface area (Å²) >= 11 is 0. The first-order valence-electron chi connectivity index (χ1n) is 7.84. The molecule has 0 aromatic heterocycles. The van der Waals surface area contributed by atoms with Crippen LogP contribution in [0.25, 0.3) is 0 Å². The Hall–Kier alpha value is -0.610. The zero-order valence-corrected chi connectivity index (χ0v) is 12.7. The number of carbonyl (C=O) groups is 1. The maximum absolute atomic E-state index is 12.2. The first-order valence-corrected chi connectivity index (χ1v) is 7.84. The minimum Gasteiger partial charge on any atom is -0.341 e. The fourth-order valence-corrected chi connectivity index (χ4v) is 3.20. The highest BCUT2D eigenvalue weighted by Gasteiger charge is 2.27. The van der Waals surface area contributed by atoms with E-state index in [1.807, 2.05) is 6.92 Å². The van der Waals surface area contributed by atoms with Crippen LogP contribution < -0.4 is 5.32 Å². The number of carbonyl (C=O) groups excluding carboxylic acids is 1. The van der Waals surface area contributed by atoms with E-state index in [2.05, 4.69) is 29.0 Å². The second kappa shape index (κ2) is 6.71. The van der Waals surface area contributed by atoms with E-state index in [1.54, 1.807) is 0 Å². The average Bonchev–Trinajstić information content (AvgIpc) is 2.55. The van der Waals surface area contributed by atoms with Crippen LogP contribution in [0.3, 0.4) is 0 Å². The highest BCUT2D eigenvalue weighted by molar-refractivity contribution is 5.81. The zero-order chi connectivity index (χ0) is 13.8. The molecule has 2 aliphatic heterocycles. The van der Waals surface area contributed by atoms with E-state index in [1.165, 1.54) is 25.9 Å². The quantitative estimate of drug-likeness (QED) is 0.837. The van der Waals surface area contributed by atoms with Gasteiger partial charge in [0.05, 0.1) is 6.04 Å². The van der Waals surface area contributed by atoms with Gasteiger partial charge in [0.25, 0.3) is 0 Å². The number of hydrogen-bond donors (Lipinski definition) is 1. The summed E-state index contributed by atoms with van der Waals surface area (Å²) < 4.78 is 0. The largest absolute Gasteiger partial charge is 0.341 e. The summed E-state index contributed by atoms with van der Waals surface area (Å²) in [7, 11) is 0. The lowest BCUT2D eigenvalue weighted by molar-refractivity contribution is -0.133. The Morgan fingerprint density at radius 2 is 1.95 bits per heavy atom. The smallest absolute Gasteiger partial charge is 0.239 e. The van der Waals surface area contributed by atoms with Crippen LogP contribution in [-0.2, 0) is 4.79 Å². The lowest BCUT2D eigenvalue weighted by Gasteiger charge is -2.36. The minimum atomic E-state index is -0.00162. The Kier molecular flexibility index (Phi) is 5.22. The third-order valence-electron chi connectivity index (χ3n) is 4.60. The Bertz CT molecular complexity index is 298. The summed E-state index contributed by atoms with van der Waals surface area (Å²) in [5, 5.41) is 3.28. The van der Waals surface area contributed by atoms with Crippen molar-refractivity contribution in [2.24, 2.45) is 5.92 Å². The van der Waals surface area contributed by atoms with Crippen molar-refractivity contribution in [1.29, 1.82) is 0 Å². The van der Waals surface area contributed by atoms with Gasteiger partial charge in [0.2, 0.25) is 5.91 Å². The average molecular weight is 267 g/mol. The molecular formula is C15H29N3O. The van der Waals surface area contributed by atoms with Crippen LogP contribution >= 0.6 is 0 Å². The van der Waals surface area contributed by atoms with E-state index in [4.69, 9.17) is 0 Å². The Morgan fingerprint density at radius 3 is 2.58 bits per heavy atom. The highest BCUT2D eigenvalue weighted by atomic mass is 16.2. The number of rotatable bonds is 3. The van der Waals surface area contributed by atoms with E-state index in [9.17, 15) is 4.79 Å². The summed E-state index contributed by atoms with van der Waals surface area (Å²) in [6.45, 7) is 11.8. The van der Waals surface area contributed by atoms with E-state index in [0.29, 0.717) is 17.9 Å². The molecule has 1 N–H and O–H groups in total. The molecule has 2 heterocycles. The molecule has 1 amide bonds. The third kappa shape index (κ3) is 3.93. The summed E-state index contributed by atoms with van der Waals surface area (Å²) in [6.07, 6.45) is 3.56. The fraction of sp³-hybridized carbons (Fsp3) is 0.933. The van der Waals surface area contributed by atoms with Crippen molar-refractivity contribution >= 4 is 5.91 Å². The van der Waals surface area contributed by atoms with E-state index in [0.717, 1.165) is 26.1 Å². The van der Waals surface area contributed by atoms with E-state index < -0.39 is 0 Å². The molecular weight excluding hydrogens is 238 g/mol. The molecule has 0 spiro atoms. The molecule has 0 aliphatic carbocycles. The van der Waals surface area contributed by atoms with E-state index in [-0.39, 0.29) is 6.04 Å². The number of amides is 1. The number of hydrogen-bond acceptors (Lipinski definition) is 3. The second-order valence-corrected chi connectivity index (χ2v) is 6.39. The number of nitrogens with zero attached hydrogens (tertiary/aromatic N) is 2. The molecule has 0 radical (unpaired) electrons. The molecule has 0 bridgehead atoms. The van der Waals surface area contributed by atoms with Gasteiger partial charge in [-0.25, -0.2) is 0 Å². The molecule has 0 saturated carbocycles. The number of piperidine rings is 1. The van der Waals surface area contributed by atoms with Crippen LogP contribution in [0, 0.1) is 5.92 Å². The lowest BCUT2D eigenvalue weighted by Crippen LogP contribution is -2.46. The molecule has 0 aromatic rings. The van der Waals surface area contributed by atoms with Crippen molar-refractivity contribution in [2.45, 2.75) is 52.1 Å². The minimum absolute atomic E-state index is 0.00162. The summed E-state index contributed by atoms with van der Waals surface area (Å²) in [6, 6.07) is 0.656. The fourth-order valence-electron chi connectivity index (χ4n) is 3.20. The molecule has 2 saturated heterocycles. The summed E-state index contributed by atoms with van der Waals surface area (Å²) in [5.41, 5.74) is 0. The maximum atomic E-state index is 12.2. The molecule has 2 rings (SSSR count). The molecule has 1 atom stereocenters. The van der Waals surface area contributed by atoms with Crippen molar-refractivity contribution in [2.75, 3.05) is 32.7 Å². The van der Waals surface area contributed by atoms with Crippen LogP contribution in [0.15, 0.2) is 0 Å². The molecule has 19 heavy (non-hydrogen) atoms. The molecule has 1 unspecified atom stereocenters. The number of nitrogens with one attached hydrogen (secondary N) is 1. The SMILES string of the molecule is CC1NCCCN(CC2CCN(C(C)C)CC2)C1=O. The van der Waals surface area contributed by atoms with Gasteiger partial charge in [-0.15, -0.1) is 0 Å². The Labute approximate surface area is 117 Å². The van der Waals surface area contributed by atoms with Gasteiger partial charge >= 0.3 is 0 Å². The van der Waals surface area contributed by atoms with Gasteiger partial charge in [0, 0.05) is 19.1 Å². The Morgan fingerprint density at radius 1 is 1.26 bits per heavy atom. The monoisotopic (exact) mass is 267 g/mol. The van der Waals surface area contributed by atoms with Crippen LogP contribution in [0.1, 0.15) is 40.0 Å². The van der Waals surface area contributed by atoms with Crippen molar-refractivity contribution in [3.8, 4) is 0 Å². The van der Waals surface area contributed by atoms with Crippen LogP contribution in [0.2, 0.25) is 0 Å². The van der Waals surface area contributed by atoms with E-state index >= 15 is 0 Å². The van der Waals surface area contributed by atoms with Crippen molar-refractivity contribution < 1.29 is 4.79 Å². The van der Waals surface area contributed by atoms with Crippen molar-refractivity contribution in [3.63, 3.8) is 0 Å². The molecule has 110 valence electrons. The van der Waals surface area contributed by atoms with Crippen molar-refractivity contribution in [1.82, 2.24) is 15.1 Å². The highest BCUT2D eigenvalue weighted by Crippen LogP contribution is 2.20. The molecule has 0 aromatic carbocycles. The molecule has 4 nitrogen and oxygen atoms in total. The predicted octanol–water partition coefficient (Wildman–Crippen LogP) is 1.32. The maximum Gasteiger partial charge on any atom is 0.239 e. The molecule has 2 aliphatic rings. The molecule has 4 heteroatoms. The van der Waals surface area contributed by atoms with Gasteiger partial charge in [0.15, 0.2) is 0 Å². The molecule has 2 fully saturated rings. The van der Waals surface area contributed by atoms with Gasteiger partial charge in [-0.1, -0.05) is 0 Å². The predicted molar refractivity (Wildman–Crippen MR) is 78.1 cm³/mol. The van der Waals surface area contributed by atoms with Crippen molar-refractivity contribution in [3.05, 3.63) is 0 Å². The van der Waals surface area contributed by atoms with Crippen LogP contribution in [-0.4, -0.2) is 60.5 Å². The third-order valence-corrected chi connectivity index (χ3v) is 4.60. The topological polar surface area (TPSA) is 35.6 Å². The standard InChI is InChI=1S/C15H29N3O/c1-12(2)17-9-5-14(6-10-17)11-18-8-4-7-16-13(3)15(18)19/h12-14,16H,4-11H2,1-3H3. The zero-order valence-electron chi connectivity index (χ0n) is 12.7. The first kappa shape index (κ1) is 14.8.